The zero-order valence-corrected chi connectivity index (χ0v) is 19.9. The van der Waals surface area contributed by atoms with Gasteiger partial charge in [0.15, 0.2) is 4.80 Å². The molecule has 0 bridgehead atoms. The van der Waals surface area contributed by atoms with Crippen molar-refractivity contribution >= 4 is 43.5 Å². The molecule has 0 saturated heterocycles. The van der Waals surface area contributed by atoms with Crippen LogP contribution in [0.4, 0.5) is 0 Å². The molecule has 0 radical (unpaired) electrons. The molecule has 2 aromatic carbocycles. The van der Waals surface area contributed by atoms with Gasteiger partial charge in [0.25, 0.3) is 5.91 Å². The predicted octanol–water partition coefficient (Wildman–Crippen LogP) is 3.04. The normalized spacial score (nSPS) is 12.6. The standard InChI is InChI=1S/C22H25N3O5S2/c1-5-30-20(26)14-25-18-8-6-7-9-19(18)31-22(25)23-21(27)16-10-12-17(13-11-16)32(28,29)24(4)15(2)3/h6-13,15H,5,14H2,1-4H3. The molecule has 10 heteroatoms. The molecule has 3 rings (SSSR count). The lowest BCUT2D eigenvalue weighted by Gasteiger charge is -2.20. The van der Waals surface area contributed by atoms with Gasteiger partial charge in [-0.05, 0) is 57.2 Å². The summed E-state index contributed by atoms with van der Waals surface area (Å²) < 4.78 is 34.1. The molecule has 3 aromatic rings. The molecular weight excluding hydrogens is 450 g/mol. The van der Waals surface area contributed by atoms with Crippen molar-refractivity contribution in [2.24, 2.45) is 4.99 Å². The molecule has 0 saturated carbocycles. The van der Waals surface area contributed by atoms with Crippen molar-refractivity contribution < 1.29 is 22.7 Å². The molecule has 0 aliphatic carbocycles. The number of carbonyl (C=O) groups excluding carboxylic acids is 2. The number of aromatic nitrogens is 1. The highest BCUT2D eigenvalue weighted by Crippen LogP contribution is 2.19. The largest absolute Gasteiger partial charge is 0.465 e. The van der Waals surface area contributed by atoms with E-state index < -0.39 is 21.9 Å². The van der Waals surface area contributed by atoms with E-state index in [1.165, 1.54) is 47.0 Å². The summed E-state index contributed by atoms with van der Waals surface area (Å²) in [5.41, 5.74) is 1.02. The minimum Gasteiger partial charge on any atom is -0.465 e. The second-order valence-corrected chi connectivity index (χ2v) is 10.3. The lowest BCUT2D eigenvalue weighted by atomic mass is 10.2. The minimum atomic E-state index is -3.64. The molecule has 0 spiro atoms. The van der Waals surface area contributed by atoms with Gasteiger partial charge in [-0.1, -0.05) is 23.5 Å². The molecule has 0 atom stereocenters. The summed E-state index contributed by atoms with van der Waals surface area (Å²) in [7, 11) is -2.13. The minimum absolute atomic E-state index is 0.0668. The van der Waals surface area contributed by atoms with E-state index in [0.717, 1.165) is 10.2 Å². The second kappa shape index (κ2) is 9.76. The van der Waals surface area contributed by atoms with E-state index in [4.69, 9.17) is 4.74 Å². The first-order valence-electron chi connectivity index (χ1n) is 10.1. The fourth-order valence-corrected chi connectivity index (χ4v) is 5.35. The molecule has 0 fully saturated rings. The van der Waals surface area contributed by atoms with E-state index in [2.05, 4.69) is 4.99 Å². The molecule has 1 aromatic heterocycles. The Morgan fingerprint density at radius 1 is 1.12 bits per heavy atom. The van der Waals surface area contributed by atoms with Crippen LogP contribution in [0.15, 0.2) is 58.4 Å². The van der Waals surface area contributed by atoms with Gasteiger partial charge < -0.3 is 9.30 Å². The van der Waals surface area contributed by atoms with Crippen molar-refractivity contribution in [2.75, 3.05) is 13.7 Å². The van der Waals surface area contributed by atoms with Crippen LogP contribution in [-0.4, -0.2) is 48.9 Å². The Morgan fingerprint density at radius 2 is 1.78 bits per heavy atom. The summed E-state index contributed by atoms with van der Waals surface area (Å²) in [6, 6.07) is 12.9. The number of sulfonamides is 1. The number of benzene rings is 2. The number of hydrogen-bond acceptors (Lipinski definition) is 6. The third-order valence-electron chi connectivity index (χ3n) is 4.88. The van der Waals surface area contributed by atoms with Crippen molar-refractivity contribution in [2.45, 2.75) is 38.3 Å². The Morgan fingerprint density at radius 3 is 2.41 bits per heavy atom. The Balaban J connectivity index is 1.97. The average Bonchev–Trinajstić information content (AvgIpc) is 3.10. The van der Waals surface area contributed by atoms with Crippen LogP contribution in [0.1, 0.15) is 31.1 Å². The maximum absolute atomic E-state index is 12.8. The van der Waals surface area contributed by atoms with Crippen LogP contribution in [0.25, 0.3) is 10.2 Å². The number of rotatable bonds is 7. The number of thiazole rings is 1. The van der Waals surface area contributed by atoms with Crippen molar-refractivity contribution in [3.8, 4) is 0 Å². The van der Waals surface area contributed by atoms with Gasteiger partial charge in [-0.2, -0.15) is 9.30 Å². The highest BCUT2D eigenvalue weighted by atomic mass is 32.2. The van der Waals surface area contributed by atoms with Gasteiger partial charge >= 0.3 is 5.97 Å². The van der Waals surface area contributed by atoms with Gasteiger partial charge in [-0.25, -0.2) is 8.42 Å². The zero-order valence-electron chi connectivity index (χ0n) is 18.3. The van der Waals surface area contributed by atoms with Crippen molar-refractivity contribution in [3.05, 3.63) is 58.9 Å². The van der Waals surface area contributed by atoms with Crippen LogP contribution < -0.4 is 4.80 Å². The fraction of sp³-hybridized carbons (Fsp3) is 0.318. The van der Waals surface area contributed by atoms with E-state index >= 15 is 0 Å². The first-order chi connectivity index (χ1) is 15.1. The van der Waals surface area contributed by atoms with E-state index in [-0.39, 0.29) is 29.7 Å². The second-order valence-electron chi connectivity index (χ2n) is 7.30. The van der Waals surface area contributed by atoms with Crippen molar-refractivity contribution in [1.29, 1.82) is 0 Å². The Labute approximate surface area is 190 Å². The summed E-state index contributed by atoms with van der Waals surface area (Å²) >= 11 is 1.29. The Hall–Kier alpha value is -2.82. The molecule has 0 unspecified atom stereocenters. The van der Waals surface area contributed by atoms with Gasteiger partial charge in [0, 0.05) is 18.7 Å². The van der Waals surface area contributed by atoms with E-state index in [9.17, 15) is 18.0 Å². The van der Waals surface area contributed by atoms with Gasteiger partial charge in [0.1, 0.15) is 6.54 Å². The number of para-hydroxylation sites is 1. The maximum Gasteiger partial charge on any atom is 0.326 e. The number of amides is 1. The van der Waals surface area contributed by atoms with Gasteiger partial charge in [0.05, 0.1) is 21.7 Å². The number of ether oxygens (including phenoxy) is 1. The molecule has 0 aliphatic heterocycles. The third-order valence-corrected chi connectivity index (χ3v) is 7.99. The lowest BCUT2D eigenvalue weighted by molar-refractivity contribution is -0.143. The third kappa shape index (κ3) is 4.98. The smallest absolute Gasteiger partial charge is 0.326 e. The fourth-order valence-electron chi connectivity index (χ4n) is 2.96. The molecule has 1 heterocycles. The van der Waals surface area contributed by atoms with Gasteiger partial charge in [-0.3, -0.25) is 9.59 Å². The van der Waals surface area contributed by atoms with Crippen LogP contribution in [0.2, 0.25) is 0 Å². The average molecular weight is 476 g/mol. The summed E-state index contributed by atoms with van der Waals surface area (Å²) in [5.74, 6) is -0.955. The lowest BCUT2D eigenvalue weighted by Crippen LogP contribution is -2.33. The number of nitrogens with zero attached hydrogens (tertiary/aromatic N) is 3. The van der Waals surface area contributed by atoms with Crippen LogP contribution in [0.3, 0.4) is 0 Å². The van der Waals surface area contributed by atoms with Crippen LogP contribution >= 0.6 is 11.3 Å². The molecular formula is C22H25N3O5S2. The molecule has 170 valence electrons. The predicted molar refractivity (Wildman–Crippen MR) is 123 cm³/mol. The van der Waals surface area contributed by atoms with Crippen LogP contribution in [0.5, 0.6) is 0 Å². The van der Waals surface area contributed by atoms with E-state index in [1.54, 1.807) is 25.3 Å². The summed E-state index contributed by atoms with van der Waals surface area (Å²) in [5, 5.41) is 0. The molecule has 8 nitrogen and oxygen atoms in total. The first kappa shape index (κ1) is 23.8. The molecule has 32 heavy (non-hydrogen) atoms. The van der Waals surface area contributed by atoms with E-state index in [1.807, 2.05) is 24.3 Å². The van der Waals surface area contributed by atoms with Crippen molar-refractivity contribution in [1.82, 2.24) is 8.87 Å². The highest BCUT2D eigenvalue weighted by molar-refractivity contribution is 7.89. The summed E-state index contributed by atoms with van der Waals surface area (Å²) in [6.07, 6.45) is 0. The Bertz CT molecular complexity index is 1310. The highest BCUT2D eigenvalue weighted by Gasteiger charge is 2.23. The van der Waals surface area contributed by atoms with Crippen molar-refractivity contribution in [3.63, 3.8) is 0 Å². The number of hydrogen-bond donors (Lipinski definition) is 0. The van der Waals surface area contributed by atoms with Gasteiger partial charge in [0.2, 0.25) is 10.0 Å². The zero-order chi connectivity index (χ0) is 23.5. The molecule has 0 N–H and O–H groups in total. The molecule has 1 amide bonds. The number of fused-ring (bicyclic) bond motifs is 1. The summed E-state index contributed by atoms with van der Waals surface area (Å²) in [4.78, 5) is 29.6. The first-order valence-corrected chi connectivity index (χ1v) is 12.3. The van der Waals surface area contributed by atoms with E-state index in [0.29, 0.717) is 4.80 Å². The topological polar surface area (TPSA) is 98.0 Å². The maximum atomic E-state index is 12.8. The number of esters is 1. The summed E-state index contributed by atoms with van der Waals surface area (Å²) in [6.45, 7) is 5.48. The quantitative estimate of drug-likeness (QED) is 0.489. The molecule has 0 aliphatic rings. The number of carbonyl (C=O) groups is 2. The monoisotopic (exact) mass is 475 g/mol. The Kier molecular flexibility index (Phi) is 7.27. The SMILES string of the molecule is CCOC(=O)Cn1c(=NC(=O)c2ccc(S(=O)(=O)N(C)C(C)C)cc2)sc2ccccc21. The van der Waals surface area contributed by atoms with Crippen LogP contribution in [0, 0.1) is 0 Å². The van der Waals surface area contributed by atoms with Crippen LogP contribution in [-0.2, 0) is 26.1 Å². The van der Waals surface area contributed by atoms with Gasteiger partial charge in [-0.15, -0.1) is 0 Å².